The van der Waals surface area contributed by atoms with Crippen LogP contribution >= 0.6 is 14.5 Å². The summed E-state index contributed by atoms with van der Waals surface area (Å²) < 4.78 is 86.1. The fraction of sp³-hybridized carbons (Fsp3) is 0.438. The van der Waals surface area contributed by atoms with Crippen LogP contribution < -0.4 is 16.6 Å². The number of aromatic nitrogens is 6. The number of hydrogen-bond donors (Lipinski definition) is 4. The minimum Gasteiger partial charge on any atom is -0.394 e. The molecule has 1 aromatic carbocycles. The van der Waals surface area contributed by atoms with Gasteiger partial charge in [0.05, 0.1) is 38.6 Å². The second-order valence-corrected chi connectivity index (χ2v) is 16.8. The number of amides is 1. The number of anilines is 1. The summed E-state index contributed by atoms with van der Waals surface area (Å²) in [6.07, 6.45) is -12.1. The van der Waals surface area contributed by atoms with Crippen molar-refractivity contribution in [3.63, 3.8) is 0 Å². The van der Waals surface area contributed by atoms with Crippen LogP contribution in [0.4, 0.5) is 14.6 Å². The lowest BCUT2D eigenvalue weighted by Gasteiger charge is -2.29. The summed E-state index contributed by atoms with van der Waals surface area (Å²) in [5.74, 6) is -0.581. The highest BCUT2D eigenvalue weighted by molar-refractivity contribution is 8.07. The van der Waals surface area contributed by atoms with Crippen LogP contribution in [-0.2, 0) is 48.5 Å². The number of hydrogen-bond acceptors (Lipinski definition) is 17. The van der Waals surface area contributed by atoms with Crippen molar-refractivity contribution in [3.05, 3.63) is 93.1 Å². The Hall–Kier alpha value is -4.72. The maximum absolute atomic E-state index is 16.6. The standard InChI is InChI=1S/C32H33F2N9O13P2S/c1-36-10-13-50-57(48,49)55-25-20(54-30(23(25)34)43-17-39-24-27(37-16-38-28(24)43)41-29(46)18-6-3-2-4-7-18)15-52-58(59,51-12-5-9-35)56-26-22(33)19(14-44)53-31(26)42-11-8-21(45)40-32(42)47/h2-4,6-8,11,16-17,19-20,22-23,25-26,30-31,44H,5,10,12-15H2,(H,48,49)(H,40,45,47)(H,37,38,41,46)/t19-,20-,22?,23?,25?,26?,30-,31-,58?/m0/s1. The molecule has 2 aliphatic rings. The second-order valence-electron chi connectivity index (χ2n) is 12.4. The monoisotopic (exact) mass is 883 g/mol. The number of aliphatic hydroxyl groups excluding tert-OH is 1. The van der Waals surface area contributed by atoms with Crippen LogP contribution in [0.1, 0.15) is 29.2 Å². The number of phosphoric acid groups is 1. The normalized spacial score (nSPS) is 26.1. The van der Waals surface area contributed by atoms with Gasteiger partial charge in [0, 0.05) is 17.8 Å². The first-order chi connectivity index (χ1) is 28.3. The molecule has 59 heavy (non-hydrogen) atoms. The van der Waals surface area contributed by atoms with E-state index >= 15 is 8.78 Å². The molecule has 314 valence electrons. The van der Waals surface area contributed by atoms with Crippen molar-refractivity contribution in [1.82, 2.24) is 29.1 Å². The molecule has 2 aliphatic heterocycles. The van der Waals surface area contributed by atoms with Gasteiger partial charge in [0.1, 0.15) is 37.4 Å². The first-order valence-electron chi connectivity index (χ1n) is 17.3. The zero-order valence-corrected chi connectivity index (χ0v) is 32.7. The molecule has 6 unspecified atom stereocenters. The number of fused-ring (bicyclic) bond motifs is 1. The van der Waals surface area contributed by atoms with E-state index in [1.54, 1.807) is 30.3 Å². The van der Waals surface area contributed by atoms with Gasteiger partial charge >= 0.3 is 20.2 Å². The number of nitriles is 1. The molecule has 6 rings (SSSR count). The molecule has 0 saturated carbocycles. The minimum absolute atomic E-state index is 0.00625. The van der Waals surface area contributed by atoms with Gasteiger partial charge in [-0.05, 0) is 23.9 Å². The molecule has 5 heterocycles. The van der Waals surface area contributed by atoms with Gasteiger partial charge in [-0.2, -0.15) is 5.26 Å². The molecule has 27 heteroatoms. The number of carbonyl (C=O) groups excluding carboxylic acids is 1. The lowest BCUT2D eigenvalue weighted by Crippen LogP contribution is -2.38. The number of nitrogens with one attached hydrogen (secondary N) is 2. The molecule has 4 aromatic rings. The number of alkyl halides is 2. The Morgan fingerprint density at radius 1 is 1.03 bits per heavy atom. The highest BCUT2D eigenvalue weighted by Crippen LogP contribution is 2.56. The minimum atomic E-state index is -5.11. The van der Waals surface area contributed by atoms with Crippen LogP contribution in [0.3, 0.4) is 0 Å². The Balaban J connectivity index is 1.29. The van der Waals surface area contributed by atoms with Crippen molar-refractivity contribution in [2.24, 2.45) is 0 Å². The number of aliphatic hydroxyl groups is 1. The van der Waals surface area contributed by atoms with E-state index in [1.165, 1.54) is 0 Å². The Labute approximate surface area is 336 Å². The second kappa shape index (κ2) is 19.1. The lowest BCUT2D eigenvalue weighted by atomic mass is 10.1. The van der Waals surface area contributed by atoms with Crippen molar-refractivity contribution in [2.45, 2.75) is 55.6 Å². The van der Waals surface area contributed by atoms with E-state index in [2.05, 4.69) is 25.1 Å². The molecule has 4 N–H and O–H groups in total. The summed E-state index contributed by atoms with van der Waals surface area (Å²) in [7, 11) is -5.11. The summed E-state index contributed by atoms with van der Waals surface area (Å²) in [4.78, 5) is 65.2. The molecule has 2 saturated heterocycles. The summed E-state index contributed by atoms with van der Waals surface area (Å²) in [6.45, 7) is -0.490. The van der Waals surface area contributed by atoms with Crippen molar-refractivity contribution in [2.75, 3.05) is 38.3 Å². The van der Waals surface area contributed by atoms with E-state index in [0.29, 0.717) is 5.56 Å². The summed E-state index contributed by atoms with van der Waals surface area (Å²) in [5, 5.41) is 21.6. The molecular formula is C32H33F2N9O13P2S. The number of ether oxygens (including phenoxy) is 2. The molecule has 0 aliphatic carbocycles. The van der Waals surface area contributed by atoms with Crippen molar-refractivity contribution in [1.29, 1.82) is 5.26 Å². The third-order valence-corrected chi connectivity index (χ3v) is 11.9. The van der Waals surface area contributed by atoms with Gasteiger partial charge in [-0.1, -0.05) is 18.2 Å². The molecule has 0 bridgehead atoms. The molecule has 0 radical (unpaired) electrons. The third kappa shape index (κ3) is 10.2. The Morgan fingerprint density at radius 2 is 1.80 bits per heavy atom. The predicted octanol–water partition coefficient (Wildman–Crippen LogP) is 2.07. The lowest BCUT2D eigenvalue weighted by molar-refractivity contribution is -0.0595. The van der Waals surface area contributed by atoms with E-state index < -0.39 is 107 Å². The number of H-pyrrole nitrogens is 1. The summed E-state index contributed by atoms with van der Waals surface area (Å²) >= 11 is 5.57. The van der Waals surface area contributed by atoms with Gasteiger partial charge in [-0.15, -0.1) is 0 Å². The predicted molar refractivity (Wildman–Crippen MR) is 199 cm³/mol. The highest BCUT2D eigenvalue weighted by Gasteiger charge is 2.53. The molecule has 1 amide bonds. The number of imidazole rings is 1. The van der Waals surface area contributed by atoms with Crippen molar-refractivity contribution < 1.29 is 60.2 Å². The maximum Gasteiger partial charge on any atom is 0.472 e. The van der Waals surface area contributed by atoms with Gasteiger partial charge in [-0.25, -0.2) is 39.7 Å². The van der Waals surface area contributed by atoms with Crippen LogP contribution in [0.25, 0.3) is 16.0 Å². The van der Waals surface area contributed by atoms with Gasteiger partial charge in [0.25, 0.3) is 11.5 Å². The molecule has 0 spiro atoms. The van der Waals surface area contributed by atoms with Crippen molar-refractivity contribution >= 4 is 49.2 Å². The Kier molecular flexibility index (Phi) is 14.2. The zero-order chi connectivity index (χ0) is 42.3. The van der Waals surface area contributed by atoms with Gasteiger partial charge in [0.15, 0.2) is 41.8 Å². The van der Waals surface area contributed by atoms with Crippen LogP contribution in [0.15, 0.2) is 64.8 Å². The average molecular weight is 884 g/mol. The van der Waals surface area contributed by atoms with Crippen LogP contribution in [0.5, 0.6) is 0 Å². The molecule has 3 aromatic heterocycles. The van der Waals surface area contributed by atoms with E-state index in [1.807, 2.05) is 11.1 Å². The van der Waals surface area contributed by atoms with Crippen LogP contribution in [-0.4, -0.2) is 115 Å². The van der Waals surface area contributed by atoms with Gasteiger partial charge in [0.2, 0.25) is 6.54 Å². The van der Waals surface area contributed by atoms with E-state index in [9.17, 15) is 28.9 Å². The first-order valence-corrected chi connectivity index (χ1v) is 21.3. The summed E-state index contributed by atoms with van der Waals surface area (Å²) in [6, 6.07) is 10.9. The number of halogens is 2. The fourth-order valence-electron chi connectivity index (χ4n) is 5.88. The van der Waals surface area contributed by atoms with E-state index in [0.717, 1.165) is 34.1 Å². The Bertz CT molecular complexity index is 2430. The number of carbonyl (C=O) groups is 1. The quantitative estimate of drug-likeness (QED) is 0.0632. The maximum atomic E-state index is 16.6. The average Bonchev–Trinajstić information content (AvgIpc) is 3.87. The van der Waals surface area contributed by atoms with Gasteiger partial charge in [-0.3, -0.25) is 37.3 Å². The zero-order valence-electron chi connectivity index (χ0n) is 30.1. The smallest absolute Gasteiger partial charge is 0.394 e. The molecular weight excluding hydrogens is 850 g/mol. The fourth-order valence-corrected chi connectivity index (χ4v) is 8.88. The van der Waals surface area contributed by atoms with E-state index in [4.69, 9.17) is 55.7 Å². The topological polar surface area (TPSA) is 278 Å². The molecule has 22 nitrogen and oxygen atoms in total. The number of rotatable bonds is 18. The summed E-state index contributed by atoms with van der Waals surface area (Å²) in [5.41, 5.74) is -1.56. The largest absolute Gasteiger partial charge is 0.472 e. The molecule has 10 atom stereocenters. The number of benzene rings is 1. The van der Waals surface area contributed by atoms with Crippen LogP contribution in [0.2, 0.25) is 0 Å². The van der Waals surface area contributed by atoms with Crippen LogP contribution in [0, 0.1) is 17.9 Å². The SMILES string of the molecule is [C-]#[N+]CCOP(=O)(O)OC1C(F)[C@@H](n2cnc3c(NC(=O)c4ccccc4)ncnc32)O[C@H]1COP(=S)(OCCC#N)OC1C(F)[C@H](CO)O[C@@H]1n1ccc(=O)[nH]c1=O. The third-order valence-electron chi connectivity index (χ3n) is 8.56. The van der Waals surface area contributed by atoms with Crippen molar-refractivity contribution in [3.8, 4) is 6.07 Å². The number of aromatic amines is 1. The van der Waals surface area contributed by atoms with Gasteiger partial charge < -0.3 is 38.7 Å². The highest BCUT2D eigenvalue weighted by atomic mass is 32.5. The first kappa shape index (κ1) is 43.8. The Morgan fingerprint density at radius 3 is 2.51 bits per heavy atom. The number of phosphoric ester groups is 1. The van der Waals surface area contributed by atoms with E-state index in [-0.39, 0.29) is 29.9 Å². The molecule has 2 fully saturated rings. The number of nitrogens with zero attached hydrogens (tertiary/aromatic N) is 7.